The van der Waals surface area contributed by atoms with E-state index in [1.807, 2.05) is 12.1 Å². The van der Waals surface area contributed by atoms with Crippen LogP contribution in [0.25, 0.3) is 10.9 Å². The van der Waals surface area contributed by atoms with Crippen molar-refractivity contribution in [1.29, 1.82) is 0 Å². The van der Waals surface area contributed by atoms with E-state index in [1.54, 1.807) is 12.1 Å². The van der Waals surface area contributed by atoms with Crippen LogP contribution in [0.5, 0.6) is 0 Å². The predicted octanol–water partition coefficient (Wildman–Crippen LogP) is 2.72. The van der Waals surface area contributed by atoms with Gasteiger partial charge in [0.15, 0.2) is 0 Å². The van der Waals surface area contributed by atoms with Gasteiger partial charge in [-0.05, 0) is 34.1 Å². The molecule has 0 spiro atoms. The number of hydrogen-bond acceptors (Lipinski definition) is 2. The third-order valence-electron chi connectivity index (χ3n) is 2.01. The molecule has 0 saturated carbocycles. The van der Waals surface area contributed by atoms with Gasteiger partial charge in [-0.3, -0.25) is 0 Å². The molecule has 1 heterocycles. The molecule has 0 aliphatic heterocycles. The van der Waals surface area contributed by atoms with Crippen molar-refractivity contribution < 1.29 is 9.53 Å². The number of ether oxygens (including phenoxy) is 1. The number of rotatable bonds is 1. The Bertz CT molecular complexity index is 490. The molecule has 0 aliphatic carbocycles. The molecule has 1 N–H and O–H groups in total. The van der Waals surface area contributed by atoms with E-state index >= 15 is 0 Å². The molecule has 72 valence electrons. The molecular formula is C10H8BrNO2. The highest BCUT2D eigenvalue weighted by atomic mass is 79.9. The van der Waals surface area contributed by atoms with Crippen molar-refractivity contribution in [3.05, 3.63) is 34.4 Å². The lowest BCUT2D eigenvalue weighted by atomic mass is 10.2. The molecule has 1 aromatic carbocycles. The van der Waals surface area contributed by atoms with Crippen molar-refractivity contribution in [1.82, 2.24) is 4.98 Å². The van der Waals surface area contributed by atoms with E-state index in [9.17, 15) is 4.79 Å². The number of nitrogens with one attached hydrogen (secondary N) is 1. The molecule has 0 amide bonds. The summed E-state index contributed by atoms with van der Waals surface area (Å²) < 4.78 is 5.53. The van der Waals surface area contributed by atoms with Crippen LogP contribution in [0, 0.1) is 0 Å². The summed E-state index contributed by atoms with van der Waals surface area (Å²) in [6.07, 6.45) is 0. The largest absolute Gasteiger partial charge is 0.465 e. The molecule has 0 bridgehead atoms. The highest BCUT2D eigenvalue weighted by molar-refractivity contribution is 9.10. The van der Waals surface area contributed by atoms with Gasteiger partial charge in [0.2, 0.25) is 0 Å². The van der Waals surface area contributed by atoms with Gasteiger partial charge < -0.3 is 9.72 Å². The summed E-state index contributed by atoms with van der Waals surface area (Å²) in [7, 11) is 1.37. The summed E-state index contributed by atoms with van der Waals surface area (Å²) in [5, 5.41) is 1.06. The maximum absolute atomic E-state index is 11.2. The van der Waals surface area contributed by atoms with Gasteiger partial charge in [0.05, 0.1) is 17.3 Å². The lowest BCUT2D eigenvalue weighted by molar-refractivity contribution is 0.0601. The molecule has 0 saturated heterocycles. The highest BCUT2D eigenvalue weighted by Gasteiger charge is 2.06. The first-order valence-corrected chi connectivity index (χ1v) is 4.86. The van der Waals surface area contributed by atoms with Crippen LogP contribution in [0.4, 0.5) is 0 Å². The van der Waals surface area contributed by atoms with Gasteiger partial charge in [-0.25, -0.2) is 4.79 Å². The molecule has 2 aromatic rings. The Labute approximate surface area is 89.2 Å². The Kier molecular flexibility index (Phi) is 2.29. The zero-order valence-corrected chi connectivity index (χ0v) is 9.09. The first-order valence-electron chi connectivity index (χ1n) is 4.07. The molecule has 0 atom stereocenters. The van der Waals surface area contributed by atoms with Crippen molar-refractivity contribution in [3.63, 3.8) is 0 Å². The van der Waals surface area contributed by atoms with Gasteiger partial charge in [-0.1, -0.05) is 6.07 Å². The molecule has 0 radical (unpaired) electrons. The smallest absolute Gasteiger partial charge is 0.337 e. The van der Waals surface area contributed by atoms with Crippen molar-refractivity contribution in [2.24, 2.45) is 0 Å². The molecule has 2 rings (SSSR count). The lowest BCUT2D eigenvalue weighted by Crippen LogP contribution is -2.00. The van der Waals surface area contributed by atoms with Gasteiger partial charge in [0.25, 0.3) is 0 Å². The van der Waals surface area contributed by atoms with E-state index in [2.05, 4.69) is 25.7 Å². The predicted molar refractivity (Wildman–Crippen MR) is 57.3 cm³/mol. The number of halogens is 1. The van der Waals surface area contributed by atoms with Crippen LogP contribution in [0.1, 0.15) is 10.4 Å². The van der Waals surface area contributed by atoms with Crippen LogP contribution >= 0.6 is 15.9 Å². The zero-order chi connectivity index (χ0) is 10.1. The second-order valence-corrected chi connectivity index (χ2v) is 3.77. The highest BCUT2D eigenvalue weighted by Crippen LogP contribution is 2.20. The third kappa shape index (κ3) is 1.53. The summed E-state index contributed by atoms with van der Waals surface area (Å²) >= 11 is 3.33. The fraction of sp³-hybridized carbons (Fsp3) is 0.100. The number of methoxy groups -OCH3 is 1. The molecular weight excluding hydrogens is 246 g/mol. The molecule has 0 unspecified atom stereocenters. The Morgan fingerprint density at radius 3 is 2.93 bits per heavy atom. The Morgan fingerprint density at radius 1 is 1.43 bits per heavy atom. The maximum Gasteiger partial charge on any atom is 0.337 e. The van der Waals surface area contributed by atoms with E-state index < -0.39 is 0 Å². The standard InChI is InChI=1S/C10H8BrNO2/c1-14-10(13)7-3-2-6-5-9(11)12-8(6)4-7/h2-5,12H,1H3. The van der Waals surface area contributed by atoms with Crippen LogP contribution in [0.2, 0.25) is 0 Å². The van der Waals surface area contributed by atoms with Gasteiger partial charge in [-0.15, -0.1) is 0 Å². The summed E-state index contributed by atoms with van der Waals surface area (Å²) in [4.78, 5) is 14.3. The quantitative estimate of drug-likeness (QED) is 0.795. The van der Waals surface area contributed by atoms with Crippen molar-refractivity contribution >= 4 is 32.8 Å². The fourth-order valence-corrected chi connectivity index (χ4v) is 1.80. The van der Waals surface area contributed by atoms with Gasteiger partial charge >= 0.3 is 5.97 Å². The monoisotopic (exact) mass is 253 g/mol. The summed E-state index contributed by atoms with van der Waals surface area (Å²) in [5.41, 5.74) is 1.47. The SMILES string of the molecule is COC(=O)c1ccc2cc(Br)[nH]c2c1. The number of carbonyl (C=O) groups is 1. The third-order valence-corrected chi connectivity index (χ3v) is 2.44. The van der Waals surface area contributed by atoms with Gasteiger partial charge in [0.1, 0.15) is 0 Å². The maximum atomic E-state index is 11.2. The average Bonchev–Trinajstić information content (AvgIpc) is 2.55. The zero-order valence-electron chi connectivity index (χ0n) is 7.50. The first kappa shape index (κ1) is 9.27. The number of hydrogen-bond donors (Lipinski definition) is 1. The Morgan fingerprint density at radius 2 is 2.21 bits per heavy atom. The Hall–Kier alpha value is -1.29. The average molecular weight is 254 g/mol. The van der Waals surface area contributed by atoms with E-state index in [0.29, 0.717) is 5.56 Å². The molecule has 0 fully saturated rings. The van der Waals surface area contributed by atoms with Crippen molar-refractivity contribution in [3.8, 4) is 0 Å². The normalized spacial score (nSPS) is 10.4. The number of carbonyl (C=O) groups excluding carboxylic acids is 1. The minimum atomic E-state index is -0.322. The number of aromatic nitrogens is 1. The van der Waals surface area contributed by atoms with E-state index in [1.165, 1.54) is 7.11 Å². The van der Waals surface area contributed by atoms with Gasteiger partial charge in [-0.2, -0.15) is 0 Å². The van der Waals surface area contributed by atoms with E-state index in [-0.39, 0.29) is 5.97 Å². The second-order valence-electron chi connectivity index (χ2n) is 2.91. The number of benzene rings is 1. The number of aromatic amines is 1. The van der Waals surface area contributed by atoms with Crippen LogP contribution in [-0.4, -0.2) is 18.1 Å². The molecule has 1 aromatic heterocycles. The molecule has 14 heavy (non-hydrogen) atoms. The minimum Gasteiger partial charge on any atom is -0.465 e. The minimum absolute atomic E-state index is 0.322. The molecule has 4 heteroatoms. The molecule has 3 nitrogen and oxygen atoms in total. The number of esters is 1. The van der Waals surface area contributed by atoms with E-state index in [0.717, 1.165) is 15.5 Å². The van der Waals surface area contributed by atoms with Crippen LogP contribution in [-0.2, 0) is 4.74 Å². The van der Waals surface area contributed by atoms with Gasteiger partial charge in [0, 0.05) is 10.9 Å². The first-order chi connectivity index (χ1) is 6.70. The van der Waals surface area contributed by atoms with Crippen molar-refractivity contribution in [2.75, 3.05) is 7.11 Å². The molecule has 0 aliphatic rings. The topological polar surface area (TPSA) is 42.1 Å². The summed E-state index contributed by atoms with van der Waals surface area (Å²) in [6.45, 7) is 0. The second kappa shape index (κ2) is 3.46. The lowest BCUT2D eigenvalue weighted by Gasteiger charge is -1.98. The van der Waals surface area contributed by atoms with Crippen LogP contribution < -0.4 is 0 Å². The van der Waals surface area contributed by atoms with Crippen LogP contribution in [0.15, 0.2) is 28.9 Å². The van der Waals surface area contributed by atoms with Crippen molar-refractivity contribution in [2.45, 2.75) is 0 Å². The number of H-pyrrole nitrogens is 1. The van der Waals surface area contributed by atoms with Crippen LogP contribution in [0.3, 0.4) is 0 Å². The van der Waals surface area contributed by atoms with E-state index in [4.69, 9.17) is 0 Å². The number of fused-ring (bicyclic) bond motifs is 1. The fourth-order valence-electron chi connectivity index (χ4n) is 1.34. The summed E-state index contributed by atoms with van der Waals surface area (Å²) in [5.74, 6) is -0.322. The Balaban J connectivity index is 2.55. The summed E-state index contributed by atoms with van der Waals surface area (Å²) in [6, 6.07) is 7.35.